The maximum Gasteiger partial charge on any atom is 0.304 e. The molecule has 0 unspecified atom stereocenters. The van der Waals surface area contributed by atoms with Crippen LogP contribution in [0.25, 0.3) is 0 Å². The lowest BCUT2D eigenvalue weighted by atomic mass is 9.66. The lowest BCUT2D eigenvalue weighted by Crippen LogP contribution is -2.53. The quantitative estimate of drug-likeness (QED) is 0.368. The van der Waals surface area contributed by atoms with Gasteiger partial charge in [0.15, 0.2) is 0 Å². The predicted octanol–water partition coefficient (Wildman–Crippen LogP) is 7.08. The Morgan fingerprint density at radius 1 is 1.11 bits per heavy atom. The fourth-order valence-electron chi connectivity index (χ4n) is 5.39. The molecule has 1 aromatic heterocycles. The normalized spacial score (nSPS) is 23.2. The second-order valence-electron chi connectivity index (χ2n) is 9.42. The number of nitrogens with zero attached hydrogens (tertiary/aromatic N) is 2. The van der Waals surface area contributed by atoms with Crippen LogP contribution in [0.4, 0.5) is 0 Å². The number of aromatic nitrogens is 1. The summed E-state index contributed by atoms with van der Waals surface area (Å²) >= 11 is 12.6. The van der Waals surface area contributed by atoms with E-state index in [0.717, 1.165) is 16.7 Å². The van der Waals surface area contributed by atoms with Gasteiger partial charge in [0.05, 0.1) is 23.9 Å². The molecule has 5 nitrogen and oxygen atoms in total. The van der Waals surface area contributed by atoms with Crippen LogP contribution < -0.4 is 0 Å². The Morgan fingerprint density at radius 2 is 1.86 bits per heavy atom. The highest BCUT2D eigenvalue weighted by Crippen LogP contribution is 2.54. The number of carbonyl (C=O) groups is 2. The number of rotatable bonds is 7. The Labute approximate surface area is 215 Å². The molecule has 0 aliphatic carbocycles. The van der Waals surface area contributed by atoms with E-state index in [-0.39, 0.29) is 30.3 Å². The molecule has 7 heteroatoms. The standard InChI is InChI=1S/C28H28Cl2N2O3/c1-3-24(20-7-5-13-31-17-20)32-26(18-9-11-21(29)12-10-18)23(19-6-4-8-22(30)14-19)15-28(2,27(32)35)16-25(33)34/h4-14,17,23-24,26H,3,15-16H2,1-2H3,(H,33,34)/t23-,24-,26-,28-/m1/s1. The van der Waals surface area contributed by atoms with Gasteiger partial charge in [-0.3, -0.25) is 14.6 Å². The van der Waals surface area contributed by atoms with Crippen LogP contribution in [-0.4, -0.2) is 26.9 Å². The van der Waals surface area contributed by atoms with E-state index in [1.807, 2.05) is 72.5 Å². The number of hydrogen-bond acceptors (Lipinski definition) is 3. The van der Waals surface area contributed by atoms with Crippen molar-refractivity contribution in [2.75, 3.05) is 0 Å². The molecule has 2 aromatic carbocycles. The molecule has 1 aliphatic heterocycles. The summed E-state index contributed by atoms with van der Waals surface area (Å²) in [6.07, 6.45) is 4.25. The number of piperidine rings is 1. The van der Waals surface area contributed by atoms with Gasteiger partial charge >= 0.3 is 5.97 Å². The third-order valence-electron chi connectivity index (χ3n) is 6.92. The number of hydrogen-bond donors (Lipinski definition) is 1. The minimum atomic E-state index is -1.09. The highest BCUT2D eigenvalue weighted by atomic mass is 35.5. The highest BCUT2D eigenvalue weighted by molar-refractivity contribution is 6.30. The first kappa shape index (κ1) is 25.2. The van der Waals surface area contributed by atoms with Gasteiger partial charge in [-0.05, 0) is 59.9 Å². The van der Waals surface area contributed by atoms with Crippen molar-refractivity contribution >= 4 is 35.1 Å². The van der Waals surface area contributed by atoms with E-state index >= 15 is 0 Å². The largest absolute Gasteiger partial charge is 0.481 e. The average Bonchev–Trinajstić information content (AvgIpc) is 2.83. The van der Waals surface area contributed by atoms with Gasteiger partial charge in [0.1, 0.15) is 0 Å². The van der Waals surface area contributed by atoms with Crippen LogP contribution in [0, 0.1) is 5.41 Å². The molecular weight excluding hydrogens is 483 g/mol. The number of halogens is 2. The van der Waals surface area contributed by atoms with Crippen molar-refractivity contribution < 1.29 is 14.7 Å². The van der Waals surface area contributed by atoms with Crippen molar-refractivity contribution in [3.05, 3.63) is 99.8 Å². The zero-order valence-corrected chi connectivity index (χ0v) is 21.2. The first-order valence-corrected chi connectivity index (χ1v) is 12.4. The lowest BCUT2D eigenvalue weighted by molar-refractivity contribution is -0.160. The van der Waals surface area contributed by atoms with Crippen LogP contribution in [0.15, 0.2) is 73.1 Å². The number of pyridine rings is 1. The van der Waals surface area contributed by atoms with Crippen molar-refractivity contribution in [3.8, 4) is 0 Å². The number of likely N-dealkylation sites (tertiary alicyclic amines) is 1. The van der Waals surface area contributed by atoms with Gasteiger partial charge in [0.2, 0.25) is 5.91 Å². The molecule has 1 amide bonds. The van der Waals surface area contributed by atoms with E-state index in [0.29, 0.717) is 22.9 Å². The van der Waals surface area contributed by atoms with E-state index in [9.17, 15) is 14.7 Å². The molecular formula is C28H28Cl2N2O3. The first-order chi connectivity index (χ1) is 16.7. The molecule has 4 rings (SSSR count). The molecule has 1 saturated heterocycles. The van der Waals surface area contributed by atoms with Crippen LogP contribution >= 0.6 is 23.2 Å². The summed E-state index contributed by atoms with van der Waals surface area (Å²) < 4.78 is 0. The fraction of sp³-hybridized carbons (Fsp3) is 0.321. The topological polar surface area (TPSA) is 70.5 Å². The molecule has 0 radical (unpaired) electrons. The predicted molar refractivity (Wildman–Crippen MR) is 137 cm³/mol. The van der Waals surface area contributed by atoms with Crippen LogP contribution in [0.5, 0.6) is 0 Å². The molecule has 1 aliphatic rings. The fourth-order valence-corrected chi connectivity index (χ4v) is 5.71. The average molecular weight is 511 g/mol. The number of carbonyl (C=O) groups excluding carboxylic acids is 1. The van der Waals surface area contributed by atoms with Gasteiger partial charge in [-0.15, -0.1) is 0 Å². The summed E-state index contributed by atoms with van der Waals surface area (Å²) in [5.74, 6) is -1.35. The summed E-state index contributed by atoms with van der Waals surface area (Å²) in [7, 11) is 0. The molecule has 1 N–H and O–H groups in total. The monoisotopic (exact) mass is 510 g/mol. The van der Waals surface area contributed by atoms with Gasteiger partial charge in [0, 0.05) is 28.4 Å². The zero-order chi connectivity index (χ0) is 25.2. The minimum Gasteiger partial charge on any atom is -0.481 e. The van der Waals surface area contributed by atoms with E-state index in [4.69, 9.17) is 23.2 Å². The second-order valence-corrected chi connectivity index (χ2v) is 10.3. The zero-order valence-electron chi connectivity index (χ0n) is 19.7. The van der Waals surface area contributed by atoms with Crippen molar-refractivity contribution in [3.63, 3.8) is 0 Å². The molecule has 0 spiro atoms. The van der Waals surface area contributed by atoms with Crippen molar-refractivity contribution in [1.82, 2.24) is 9.88 Å². The Morgan fingerprint density at radius 3 is 2.46 bits per heavy atom. The van der Waals surface area contributed by atoms with Crippen LogP contribution in [0.2, 0.25) is 10.0 Å². The van der Waals surface area contributed by atoms with Crippen LogP contribution in [0.3, 0.4) is 0 Å². The SMILES string of the molecule is CC[C@H](c1cccnc1)N1C(=O)[C@@](C)(CC(=O)O)C[C@H](c2cccc(Cl)c2)[C@H]1c1ccc(Cl)cc1. The number of amides is 1. The van der Waals surface area contributed by atoms with E-state index in [2.05, 4.69) is 4.98 Å². The number of aliphatic carboxylic acids is 1. The van der Waals surface area contributed by atoms with Crippen molar-refractivity contribution in [2.24, 2.45) is 5.41 Å². The van der Waals surface area contributed by atoms with Gasteiger partial charge in [0.25, 0.3) is 0 Å². The summed E-state index contributed by atoms with van der Waals surface area (Å²) in [5.41, 5.74) is 1.73. The van der Waals surface area contributed by atoms with Crippen molar-refractivity contribution in [1.29, 1.82) is 0 Å². The Hall–Kier alpha value is -2.89. The Bertz CT molecular complexity index is 1200. The molecule has 35 heavy (non-hydrogen) atoms. The van der Waals surface area contributed by atoms with Gasteiger partial charge < -0.3 is 10.0 Å². The van der Waals surface area contributed by atoms with Crippen LogP contribution in [0.1, 0.15) is 67.8 Å². The third kappa shape index (κ3) is 5.21. The summed E-state index contributed by atoms with van der Waals surface area (Å²) in [6, 6.07) is 18.3. The van der Waals surface area contributed by atoms with E-state index in [1.54, 1.807) is 19.3 Å². The van der Waals surface area contributed by atoms with Gasteiger partial charge in [-0.2, -0.15) is 0 Å². The van der Waals surface area contributed by atoms with E-state index < -0.39 is 11.4 Å². The van der Waals surface area contributed by atoms with Crippen molar-refractivity contribution in [2.45, 2.75) is 51.1 Å². The van der Waals surface area contributed by atoms with E-state index in [1.165, 1.54) is 0 Å². The number of carboxylic acids is 1. The van der Waals surface area contributed by atoms with Gasteiger partial charge in [-0.1, -0.05) is 67.4 Å². The third-order valence-corrected chi connectivity index (χ3v) is 7.41. The lowest BCUT2D eigenvalue weighted by Gasteiger charge is -2.52. The van der Waals surface area contributed by atoms with Gasteiger partial charge in [-0.25, -0.2) is 0 Å². The first-order valence-electron chi connectivity index (χ1n) is 11.7. The summed E-state index contributed by atoms with van der Waals surface area (Å²) in [5, 5.41) is 11.0. The van der Waals surface area contributed by atoms with Crippen LogP contribution in [-0.2, 0) is 9.59 Å². The molecule has 3 aromatic rings. The number of benzene rings is 2. The summed E-state index contributed by atoms with van der Waals surface area (Å²) in [6.45, 7) is 3.80. The minimum absolute atomic E-state index is 0.172. The Balaban J connectivity index is 1.95. The molecule has 182 valence electrons. The smallest absolute Gasteiger partial charge is 0.304 e. The molecule has 2 heterocycles. The highest BCUT2D eigenvalue weighted by Gasteiger charge is 2.52. The molecule has 4 atom stereocenters. The second kappa shape index (κ2) is 10.4. The molecule has 1 fully saturated rings. The number of carboxylic acid groups (broad SMARTS) is 1. The summed E-state index contributed by atoms with van der Waals surface area (Å²) in [4.78, 5) is 32.3. The maximum atomic E-state index is 14.2. The molecule has 0 bridgehead atoms. The Kier molecular flexibility index (Phi) is 7.48. The maximum absolute atomic E-state index is 14.2. The molecule has 0 saturated carbocycles.